The molecule has 1 saturated carbocycles. The van der Waals surface area contributed by atoms with Crippen molar-refractivity contribution in [1.29, 1.82) is 0 Å². The molecule has 0 saturated heterocycles. The van der Waals surface area contributed by atoms with E-state index < -0.39 is 5.69 Å². The van der Waals surface area contributed by atoms with Crippen LogP contribution in [0.15, 0.2) is 15.8 Å². The summed E-state index contributed by atoms with van der Waals surface area (Å²) in [5.41, 5.74) is 0.0438. The molecule has 4 nitrogen and oxygen atoms in total. The third-order valence-corrected chi connectivity index (χ3v) is 2.88. The van der Waals surface area contributed by atoms with Crippen molar-refractivity contribution in [1.82, 2.24) is 9.97 Å². The third-order valence-electron chi connectivity index (χ3n) is 2.88. The van der Waals surface area contributed by atoms with Gasteiger partial charge in [-0.05, 0) is 12.3 Å². The average Bonchev–Trinajstić information content (AvgIpc) is 2.62. The summed E-state index contributed by atoms with van der Waals surface area (Å²) in [6, 6.07) is 0. The summed E-state index contributed by atoms with van der Waals surface area (Å²) in [6.45, 7) is 0. The predicted octanol–water partition coefficient (Wildman–Crippen LogP) is 0.796. The van der Waals surface area contributed by atoms with Crippen LogP contribution in [0.2, 0.25) is 0 Å². The number of aromatic nitrogens is 2. The molecule has 0 radical (unpaired) electrons. The van der Waals surface area contributed by atoms with Crippen LogP contribution in [0.3, 0.4) is 0 Å². The van der Waals surface area contributed by atoms with E-state index in [4.69, 9.17) is 0 Å². The van der Waals surface area contributed by atoms with Crippen LogP contribution in [0.25, 0.3) is 0 Å². The molecule has 1 aromatic rings. The molecule has 76 valence electrons. The number of nitrogens with one attached hydrogen (secondary N) is 2. The molecule has 1 aliphatic rings. The molecule has 2 N–H and O–H groups in total. The molecular formula is C10H14N2O2. The van der Waals surface area contributed by atoms with Gasteiger partial charge in [0.25, 0.3) is 5.56 Å². The van der Waals surface area contributed by atoms with Crippen molar-refractivity contribution in [3.8, 4) is 0 Å². The van der Waals surface area contributed by atoms with Crippen LogP contribution in [0.5, 0.6) is 0 Å². The Labute approximate surface area is 81.4 Å². The summed E-state index contributed by atoms with van der Waals surface area (Å²) < 4.78 is 0. The maximum absolute atomic E-state index is 11.4. The number of hydrogen-bond donors (Lipinski definition) is 2. The Hall–Kier alpha value is -1.32. The van der Waals surface area contributed by atoms with Crippen LogP contribution in [-0.2, 0) is 6.42 Å². The van der Waals surface area contributed by atoms with E-state index in [-0.39, 0.29) is 5.56 Å². The second-order valence-corrected chi connectivity index (χ2v) is 3.95. The summed E-state index contributed by atoms with van der Waals surface area (Å²) in [7, 11) is 0. The predicted molar refractivity (Wildman–Crippen MR) is 53.3 cm³/mol. The van der Waals surface area contributed by atoms with Crippen LogP contribution < -0.4 is 11.2 Å². The second-order valence-electron chi connectivity index (χ2n) is 3.95. The van der Waals surface area contributed by atoms with Gasteiger partial charge in [-0.1, -0.05) is 25.7 Å². The Morgan fingerprint density at radius 2 is 2.00 bits per heavy atom. The minimum Gasteiger partial charge on any atom is -0.314 e. The fourth-order valence-electron chi connectivity index (χ4n) is 2.11. The third kappa shape index (κ3) is 1.95. The maximum Gasteiger partial charge on any atom is 0.325 e. The molecule has 1 aromatic heterocycles. The number of H-pyrrole nitrogens is 2. The maximum atomic E-state index is 11.4. The molecule has 0 aromatic carbocycles. The van der Waals surface area contributed by atoms with Crippen LogP contribution in [0, 0.1) is 5.92 Å². The summed E-state index contributed by atoms with van der Waals surface area (Å²) in [6.07, 6.45) is 7.29. The Kier molecular flexibility index (Phi) is 2.52. The molecule has 0 bridgehead atoms. The quantitative estimate of drug-likeness (QED) is 0.731. The zero-order valence-electron chi connectivity index (χ0n) is 8.01. The van der Waals surface area contributed by atoms with E-state index in [2.05, 4.69) is 9.97 Å². The number of aromatic amines is 2. The molecule has 0 spiro atoms. The molecule has 2 rings (SSSR count). The molecule has 1 heterocycles. The Morgan fingerprint density at radius 3 is 2.64 bits per heavy atom. The van der Waals surface area contributed by atoms with Gasteiger partial charge in [-0.2, -0.15) is 0 Å². The van der Waals surface area contributed by atoms with Crippen LogP contribution in [0.4, 0.5) is 0 Å². The summed E-state index contributed by atoms with van der Waals surface area (Å²) in [5.74, 6) is 0.627. The molecule has 0 aliphatic heterocycles. The van der Waals surface area contributed by atoms with Gasteiger partial charge in [0.2, 0.25) is 0 Å². The average molecular weight is 194 g/mol. The number of rotatable bonds is 2. The highest BCUT2D eigenvalue weighted by molar-refractivity contribution is 5.04. The first-order chi connectivity index (χ1) is 6.75. The van der Waals surface area contributed by atoms with E-state index in [9.17, 15) is 9.59 Å². The van der Waals surface area contributed by atoms with Gasteiger partial charge in [0.05, 0.1) is 0 Å². The highest BCUT2D eigenvalue weighted by Crippen LogP contribution is 2.26. The lowest BCUT2D eigenvalue weighted by Gasteiger charge is -2.06. The molecule has 14 heavy (non-hydrogen) atoms. The molecule has 0 unspecified atom stereocenters. The van der Waals surface area contributed by atoms with E-state index in [0.29, 0.717) is 11.5 Å². The van der Waals surface area contributed by atoms with Gasteiger partial charge in [0.15, 0.2) is 0 Å². The first-order valence-electron chi connectivity index (χ1n) is 5.06. The molecule has 1 aliphatic carbocycles. The molecule has 1 fully saturated rings. The van der Waals surface area contributed by atoms with Crippen LogP contribution in [-0.4, -0.2) is 9.97 Å². The standard InChI is InChI=1S/C10H14N2O2/c13-9-8(6-11-10(14)12-9)5-7-3-1-2-4-7/h6-7H,1-5H2,(H2,11,12,13,14). The van der Waals surface area contributed by atoms with Crippen molar-refractivity contribution in [2.75, 3.05) is 0 Å². The van der Waals surface area contributed by atoms with Crippen molar-refractivity contribution in [2.45, 2.75) is 32.1 Å². The fraction of sp³-hybridized carbons (Fsp3) is 0.600. The van der Waals surface area contributed by atoms with E-state index in [1.165, 1.54) is 25.7 Å². The minimum absolute atomic E-state index is 0.236. The zero-order chi connectivity index (χ0) is 9.97. The normalized spacial score (nSPS) is 17.4. The summed E-state index contributed by atoms with van der Waals surface area (Å²) in [5, 5.41) is 0. The van der Waals surface area contributed by atoms with Gasteiger partial charge in [-0.3, -0.25) is 9.78 Å². The van der Waals surface area contributed by atoms with Gasteiger partial charge in [-0.25, -0.2) is 4.79 Å². The smallest absolute Gasteiger partial charge is 0.314 e. The topological polar surface area (TPSA) is 65.7 Å². The summed E-state index contributed by atoms with van der Waals surface area (Å²) in [4.78, 5) is 26.9. The molecule has 0 atom stereocenters. The Morgan fingerprint density at radius 1 is 1.29 bits per heavy atom. The SMILES string of the molecule is O=c1[nH]cc(CC2CCCC2)c(=O)[nH]1. The van der Waals surface area contributed by atoms with Gasteiger partial charge in [0.1, 0.15) is 0 Å². The van der Waals surface area contributed by atoms with E-state index in [0.717, 1.165) is 6.42 Å². The van der Waals surface area contributed by atoms with Crippen molar-refractivity contribution in [2.24, 2.45) is 5.92 Å². The van der Waals surface area contributed by atoms with Crippen molar-refractivity contribution >= 4 is 0 Å². The van der Waals surface area contributed by atoms with Crippen molar-refractivity contribution in [3.05, 3.63) is 32.6 Å². The van der Waals surface area contributed by atoms with Crippen LogP contribution in [0.1, 0.15) is 31.2 Å². The van der Waals surface area contributed by atoms with Gasteiger partial charge in [0, 0.05) is 11.8 Å². The van der Waals surface area contributed by atoms with E-state index in [1.54, 1.807) is 6.20 Å². The Balaban J connectivity index is 2.16. The zero-order valence-corrected chi connectivity index (χ0v) is 8.01. The first-order valence-corrected chi connectivity index (χ1v) is 5.06. The van der Waals surface area contributed by atoms with Gasteiger partial charge < -0.3 is 4.98 Å². The number of hydrogen-bond acceptors (Lipinski definition) is 2. The van der Waals surface area contributed by atoms with E-state index in [1.807, 2.05) is 0 Å². The molecule has 0 amide bonds. The van der Waals surface area contributed by atoms with Crippen molar-refractivity contribution in [3.63, 3.8) is 0 Å². The summed E-state index contributed by atoms with van der Waals surface area (Å²) >= 11 is 0. The largest absolute Gasteiger partial charge is 0.325 e. The molecular weight excluding hydrogens is 180 g/mol. The van der Waals surface area contributed by atoms with Gasteiger partial charge >= 0.3 is 5.69 Å². The fourth-order valence-corrected chi connectivity index (χ4v) is 2.11. The first kappa shape index (κ1) is 9.24. The monoisotopic (exact) mass is 194 g/mol. The highest BCUT2D eigenvalue weighted by atomic mass is 16.2. The Bertz CT molecular complexity index is 413. The van der Waals surface area contributed by atoms with Crippen molar-refractivity contribution < 1.29 is 0 Å². The van der Waals surface area contributed by atoms with Crippen LogP contribution >= 0.6 is 0 Å². The second kappa shape index (κ2) is 3.82. The lowest BCUT2D eigenvalue weighted by atomic mass is 10.0. The van der Waals surface area contributed by atoms with E-state index >= 15 is 0 Å². The van der Waals surface area contributed by atoms with Gasteiger partial charge in [-0.15, -0.1) is 0 Å². The molecule has 4 heteroatoms. The minimum atomic E-state index is -0.426. The lowest BCUT2D eigenvalue weighted by Crippen LogP contribution is -2.25. The highest BCUT2D eigenvalue weighted by Gasteiger charge is 2.16. The lowest BCUT2D eigenvalue weighted by molar-refractivity contribution is 0.542.